The summed E-state index contributed by atoms with van der Waals surface area (Å²) in [5, 5.41) is 23.2. The van der Waals surface area contributed by atoms with Crippen LogP contribution in [0.5, 0.6) is 0 Å². The number of nitro benzene ring substituents is 1. The Bertz CT molecular complexity index is 653. The third kappa shape index (κ3) is 2.68. The molecule has 7 nitrogen and oxygen atoms in total. The van der Waals surface area contributed by atoms with E-state index >= 15 is 0 Å². The van der Waals surface area contributed by atoms with Crippen molar-refractivity contribution in [2.75, 3.05) is 5.32 Å². The van der Waals surface area contributed by atoms with Crippen molar-refractivity contribution >= 4 is 33.8 Å². The number of thiazole rings is 1. The normalized spacial score (nSPS) is 10.2. The second kappa shape index (κ2) is 5.02. The molecule has 1 heterocycles. The monoisotopic (exact) mass is 279 g/mol. The van der Waals surface area contributed by atoms with E-state index in [1.807, 2.05) is 6.92 Å². The van der Waals surface area contributed by atoms with Gasteiger partial charge in [-0.05, 0) is 19.1 Å². The fourth-order valence-electron chi connectivity index (χ4n) is 1.54. The summed E-state index contributed by atoms with van der Waals surface area (Å²) in [6, 6.07) is 4.08. The van der Waals surface area contributed by atoms with E-state index in [1.54, 1.807) is 6.20 Å². The minimum atomic E-state index is -1.34. The molecule has 0 aliphatic heterocycles. The molecule has 0 fully saturated rings. The van der Waals surface area contributed by atoms with Gasteiger partial charge in [-0.15, -0.1) is 11.3 Å². The number of hydrogen-bond acceptors (Lipinski definition) is 6. The zero-order valence-corrected chi connectivity index (χ0v) is 10.6. The topological polar surface area (TPSA) is 105 Å². The number of aromatic nitrogens is 1. The van der Waals surface area contributed by atoms with Gasteiger partial charge in [-0.2, -0.15) is 0 Å². The van der Waals surface area contributed by atoms with Gasteiger partial charge in [0.25, 0.3) is 0 Å². The highest BCUT2D eigenvalue weighted by atomic mass is 32.1. The number of aromatic carboxylic acids is 1. The third-order valence-corrected chi connectivity index (χ3v) is 3.14. The molecule has 8 heteroatoms. The summed E-state index contributed by atoms with van der Waals surface area (Å²) in [4.78, 5) is 26.3. The molecule has 98 valence electrons. The van der Waals surface area contributed by atoms with Crippen LogP contribution in [0.2, 0.25) is 0 Å². The van der Waals surface area contributed by atoms with Crippen molar-refractivity contribution < 1.29 is 14.8 Å². The SMILES string of the molecule is Cc1cnc(Nc2cccc(C(=O)O)c2[N+](=O)[O-])s1. The number of benzene rings is 1. The number of carbonyl (C=O) groups is 1. The average Bonchev–Trinajstić information content (AvgIpc) is 2.74. The van der Waals surface area contributed by atoms with Crippen LogP contribution < -0.4 is 5.32 Å². The summed E-state index contributed by atoms with van der Waals surface area (Å²) in [6.07, 6.45) is 1.62. The van der Waals surface area contributed by atoms with Crippen LogP contribution in [0.4, 0.5) is 16.5 Å². The van der Waals surface area contributed by atoms with Gasteiger partial charge in [0.2, 0.25) is 0 Å². The first-order chi connectivity index (χ1) is 8.99. The molecule has 1 aromatic carbocycles. The number of rotatable bonds is 4. The van der Waals surface area contributed by atoms with Crippen molar-refractivity contribution in [3.05, 3.63) is 45.0 Å². The molecule has 0 spiro atoms. The molecule has 19 heavy (non-hydrogen) atoms. The molecule has 0 aliphatic carbocycles. The summed E-state index contributed by atoms with van der Waals surface area (Å²) < 4.78 is 0. The molecule has 2 rings (SSSR count). The van der Waals surface area contributed by atoms with Gasteiger partial charge in [-0.3, -0.25) is 10.1 Å². The van der Waals surface area contributed by atoms with Crippen molar-refractivity contribution in [2.45, 2.75) is 6.92 Å². The fourth-order valence-corrected chi connectivity index (χ4v) is 2.22. The largest absolute Gasteiger partial charge is 0.477 e. The van der Waals surface area contributed by atoms with E-state index in [9.17, 15) is 14.9 Å². The molecule has 0 amide bonds. The van der Waals surface area contributed by atoms with Gasteiger partial charge in [0.05, 0.1) is 4.92 Å². The molecule has 0 saturated carbocycles. The molecular formula is C11H9N3O4S. The average molecular weight is 279 g/mol. The Balaban J connectivity index is 2.47. The molecule has 2 N–H and O–H groups in total. The number of anilines is 2. The predicted molar refractivity (Wildman–Crippen MR) is 70.2 cm³/mol. The van der Waals surface area contributed by atoms with Gasteiger partial charge in [0.15, 0.2) is 5.13 Å². The molecule has 0 atom stereocenters. The first-order valence-electron chi connectivity index (χ1n) is 5.19. The molecule has 2 aromatic rings. The highest BCUT2D eigenvalue weighted by Gasteiger charge is 2.24. The third-order valence-electron chi connectivity index (χ3n) is 2.31. The Morgan fingerprint density at radius 3 is 2.79 bits per heavy atom. The van der Waals surface area contributed by atoms with E-state index in [0.717, 1.165) is 4.88 Å². The molecule has 0 saturated heterocycles. The van der Waals surface area contributed by atoms with Gasteiger partial charge in [-0.25, -0.2) is 9.78 Å². The highest BCUT2D eigenvalue weighted by molar-refractivity contribution is 7.15. The Morgan fingerprint density at radius 1 is 1.53 bits per heavy atom. The minimum Gasteiger partial charge on any atom is -0.477 e. The fraction of sp³-hybridized carbons (Fsp3) is 0.0909. The van der Waals surface area contributed by atoms with Gasteiger partial charge in [-0.1, -0.05) is 6.07 Å². The molecule has 0 aliphatic rings. The second-order valence-electron chi connectivity index (χ2n) is 3.67. The lowest BCUT2D eigenvalue weighted by atomic mass is 10.1. The summed E-state index contributed by atoms with van der Waals surface area (Å²) in [5.41, 5.74) is -0.717. The number of para-hydroxylation sites is 1. The Kier molecular flexibility index (Phi) is 3.43. The Labute approximate surface area is 111 Å². The van der Waals surface area contributed by atoms with E-state index in [2.05, 4.69) is 10.3 Å². The van der Waals surface area contributed by atoms with Crippen LogP contribution in [0.1, 0.15) is 15.2 Å². The van der Waals surface area contributed by atoms with Crippen LogP contribution in [0.3, 0.4) is 0 Å². The lowest BCUT2D eigenvalue weighted by molar-refractivity contribution is -0.384. The van der Waals surface area contributed by atoms with Gasteiger partial charge < -0.3 is 10.4 Å². The minimum absolute atomic E-state index is 0.110. The van der Waals surface area contributed by atoms with E-state index in [0.29, 0.717) is 5.13 Å². The number of aryl methyl sites for hydroxylation is 1. The van der Waals surface area contributed by atoms with Crippen molar-refractivity contribution in [1.82, 2.24) is 4.98 Å². The smallest absolute Gasteiger partial charge is 0.342 e. The van der Waals surface area contributed by atoms with E-state index < -0.39 is 16.6 Å². The summed E-state index contributed by atoms with van der Waals surface area (Å²) in [6.45, 7) is 1.85. The van der Waals surface area contributed by atoms with Crippen molar-refractivity contribution in [3.63, 3.8) is 0 Å². The summed E-state index contributed by atoms with van der Waals surface area (Å²) in [7, 11) is 0. The summed E-state index contributed by atoms with van der Waals surface area (Å²) in [5.74, 6) is -1.34. The number of carboxylic acids is 1. The number of carboxylic acid groups (broad SMARTS) is 1. The number of nitrogens with zero attached hydrogens (tertiary/aromatic N) is 2. The van der Waals surface area contributed by atoms with Crippen LogP contribution in [-0.4, -0.2) is 21.0 Å². The summed E-state index contributed by atoms with van der Waals surface area (Å²) >= 11 is 1.32. The predicted octanol–water partition coefficient (Wildman–Crippen LogP) is 2.80. The van der Waals surface area contributed by atoms with Gasteiger partial charge in [0, 0.05) is 11.1 Å². The van der Waals surface area contributed by atoms with Crippen LogP contribution >= 0.6 is 11.3 Å². The zero-order valence-electron chi connectivity index (χ0n) is 9.78. The van der Waals surface area contributed by atoms with E-state index in [1.165, 1.54) is 29.5 Å². The van der Waals surface area contributed by atoms with Crippen LogP contribution in [0.15, 0.2) is 24.4 Å². The van der Waals surface area contributed by atoms with Crippen molar-refractivity contribution in [1.29, 1.82) is 0 Å². The zero-order chi connectivity index (χ0) is 14.0. The second-order valence-corrected chi connectivity index (χ2v) is 4.90. The van der Waals surface area contributed by atoms with E-state index in [4.69, 9.17) is 5.11 Å². The number of hydrogen-bond donors (Lipinski definition) is 2. The molecule has 0 bridgehead atoms. The maximum atomic E-state index is 11.0. The Morgan fingerprint density at radius 2 is 2.26 bits per heavy atom. The van der Waals surface area contributed by atoms with Crippen LogP contribution in [0, 0.1) is 17.0 Å². The lowest BCUT2D eigenvalue weighted by Gasteiger charge is -2.05. The quantitative estimate of drug-likeness (QED) is 0.658. The molecule has 0 radical (unpaired) electrons. The van der Waals surface area contributed by atoms with Gasteiger partial charge in [0.1, 0.15) is 11.3 Å². The van der Waals surface area contributed by atoms with Crippen molar-refractivity contribution in [2.24, 2.45) is 0 Å². The van der Waals surface area contributed by atoms with E-state index in [-0.39, 0.29) is 11.3 Å². The standard InChI is InChI=1S/C11H9N3O4S/c1-6-5-12-11(19-6)13-8-4-2-3-7(10(15)16)9(8)14(17)18/h2-5H,1H3,(H,12,13)(H,15,16). The number of nitrogens with one attached hydrogen (secondary N) is 1. The van der Waals surface area contributed by atoms with Gasteiger partial charge >= 0.3 is 11.7 Å². The van der Waals surface area contributed by atoms with Crippen molar-refractivity contribution in [3.8, 4) is 0 Å². The maximum absolute atomic E-state index is 11.0. The first kappa shape index (κ1) is 13.0. The lowest BCUT2D eigenvalue weighted by Crippen LogP contribution is -2.05. The maximum Gasteiger partial charge on any atom is 0.342 e. The molecular weight excluding hydrogens is 270 g/mol. The molecule has 0 unspecified atom stereocenters. The molecule has 1 aromatic heterocycles. The Hall–Kier alpha value is -2.48. The number of nitro groups is 1. The van der Waals surface area contributed by atoms with Crippen LogP contribution in [-0.2, 0) is 0 Å². The highest BCUT2D eigenvalue weighted by Crippen LogP contribution is 2.32. The first-order valence-corrected chi connectivity index (χ1v) is 6.01. The van der Waals surface area contributed by atoms with Crippen LogP contribution in [0.25, 0.3) is 0 Å².